The maximum Gasteiger partial charge on any atom is 0.224 e. The Morgan fingerprint density at radius 1 is 0.222 bits per heavy atom. The largest absolute Gasteiger partial charge is 0.353 e. The Kier molecular flexibility index (Phi) is 46.2. The summed E-state index contributed by atoms with van der Waals surface area (Å²) in [4.78, 5) is 121. The van der Waals surface area contributed by atoms with Crippen molar-refractivity contribution < 1.29 is 43.2 Å². The van der Waals surface area contributed by atoms with E-state index in [1.165, 1.54) is 70.6 Å². The average Bonchev–Trinajstić information content (AvgIpc) is 0.815. The molecular weight excluding hydrogens is 1570 g/mol. The lowest BCUT2D eigenvalue weighted by atomic mass is 9.69. The standard InChI is InChI=1S/3C36H65N3O3/c1-34(2,3)25-16-10-13-19-28(25)37-31(40)22-24(33(42)39-30-21-15-12-18-27(30)36(7,8)9)23-32(41)38-29-20-14-11-17-26(29)35(4,5)6;1-7-24(4)27-10-16-31(17-11-27)37-34(40)22-30(36(42)39-33-20-14-29(15-21-33)26(6)9-3)23-35(41)38-32-18-12-28(13-19-32)25(5)8-2;1-7-24(4)27-13-10-16-31(19-27)37-34(40)22-30(36(42)39-33-18-12-15-29(21-33)26(6)9-3)23-35(41)38-32-17-11-14-28(20-32)25(5)8-2/h24-30H,10-23H2,1-9H3,(H,37,40)(H,38,41)(H,39,42);2*24-33H,7-23H2,1-6H3,(H,37,40)(H,38,41)(H,39,42). The van der Waals surface area contributed by atoms with E-state index in [9.17, 15) is 43.2 Å². The zero-order valence-corrected chi connectivity index (χ0v) is 84.7. The molecule has 0 aromatic rings. The second-order valence-corrected chi connectivity index (χ2v) is 46.9. The van der Waals surface area contributed by atoms with Gasteiger partial charge in [0.25, 0.3) is 0 Å². The summed E-state index contributed by atoms with van der Waals surface area (Å²) in [6.07, 6.45) is 46.9. The fraction of sp³-hybridized carbons (Fsp3) is 0.917. The van der Waals surface area contributed by atoms with Gasteiger partial charge in [-0.25, -0.2) is 0 Å². The highest BCUT2D eigenvalue weighted by molar-refractivity contribution is 5.92. The molecule has 9 amide bonds. The molecule has 18 atom stereocenters. The fourth-order valence-electron chi connectivity index (χ4n) is 24.9. The van der Waals surface area contributed by atoms with Crippen molar-refractivity contribution in [1.29, 1.82) is 0 Å². The van der Waals surface area contributed by atoms with Crippen LogP contribution in [0, 0.1) is 123 Å². The highest BCUT2D eigenvalue weighted by atomic mass is 16.2. The van der Waals surface area contributed by atoms with Gasteiger partial charge >= 0.3 is 0 Å². The summed E-state index contributed by atoms with van der Waals surface area (Å²) in [5.74, 6) is 6.82. The van der Waals surface area contributed by atoms with E-state index in [2.05, 4.69) is 193 Å². The van der Waals surface area contributed by atoms with E-state index in [-0.39, 0.29) is 162 Å². The number of carbonyl (C=O) groups excluding carboxylic acids is 9. The van der Waals surface area contributed by atoms with Crippen LogP contribution in [0.25, 0.3) is 0 Å². The predicted octanol–water partition coefficient (Wildman–Crippen LogP) is 22.6. The molecule has 9 aliphatic carbocycles. The highest BCUT2D eigenvalue weighted by Gasteiger charge is 2.43. The SMILES string of the molecule is CC(C)(C)C1CCCCC1NC(=O)CC(CC(=O)NC1CCCCC1C(C)(C)C)C(=O)NC1CCCCC1C(C)(C)C.CCC(C)C1CCC(NC(=O)CC(CC(=O)NC2CCC(C(C)CC)CC2)C(=O)NC2CCC(C(C)CC)CC2)CC1.CCC(C)C1CCCC(NC(=O)CC(CC(=O)NC2CCCC(C(C)CC)C2)C(=O)NC2CCCC(C(C)CC)C2)C1. The van der Waals surface area contributed by atoms with Gasteiger partial charge in [0.1, 0.15) is 0 Å². The molecule has 0 heterocycles. The van der Waals surface area contributed by atoms with E-state index in [1.807, 2.05) is 0 Å². The lowest BCUT2D eigenvalue weighted by molar-refractivity contribution is -0.135. The number of carbonyl (C=O) groups is 9. The summed E-state index contributed by atoms with van der Waals surface area (Å²) >= 11 is 0. The zero-order valence-electron chi connectivity index (χ0n) is 84.7. The third kappa shape index (κ3) is 36.3. The van der Waals surface area contributed by atoms with Gasteiger partial charge in [0, 0.05) is 92.9 Å². The molecule has 9 saturated carbocycles. The molecule has 0 spiro atoms. The second kappa shape index (κ2) is 53.8. The van der Waals surface area contributed by atoms with Crippen LogP contribution in [0.4, 0.5) is 0 Å². The Balaban J connectivity index is 0.000000259. The van der Waals surface area contributed by atoms with Crippen molar-refractivity contribution in [1.82, 2.24) is 47.9 Å². The van der Waals surface area contributed by atoms with Crippen LogP contribution in [-0.4, -0.2) is 108 Å². The van der Waals surface area contributed by atoms with Crippen molar-refractivity contribution in [2.45, 2.75) is 508 Å². The van der Waals surface area contributed by atoms with E-state index < -0.39 is 17.8 Å². The molecule has 9 fully saturated rings. The molecule has 0 aliphatic heterocycles. The van der Waals surface area contributed by atoms with E-state index in [1.54, 1.807) is 0 Å². The Labute approximate surface area is 770 Å². The first kappa shape index (κ1) is 108. The van der Waals surface area contributed by atoms with Crippen LogP contribution in [0.15, 0.2) is 0 Å². The van der Waals surface area contributed by atoms with E-state index in [0.717, 1.165) is 235 Å². The Morgan fingerprint density at radius 2 is 0.429 bits per heavy atom. The van der Waals surface area contributed by atoms with Gasteiger partial charge in [0.2, 0.25) is 53.2 Å². The average molecular weight is 1760 g/mol. The zero-order chi connectivity index (χ0) is 92.6. The smallest absolute Gasteiger partial charge is 0.224 e. The Bertz CT molecular complexity index is 3100. The maximum absolute atomic E-state index is 13.9. The van der Waals surface area contributed by atoms with E-state index >= 15 is 0 Å². The number of rotatable bonds is 36. The summed E-state index contributed by atoms with van der Waals surface area (Å²) in [6.45, 7) is 47.8. The van der Waals surface area contributed by atoms with Crippen molar-refractivity contribution in [3.8, 4) is 0 Å². The summed E-state index contributed by atoms with van der Waals surface area (Å²) < 4.78 is 0. The van der Waals surface area contributed by atoms with Crippen molar-refractivity contribution >= 4 is 53.2 Å². The minimum absolute atomic E-state index is 0.0624. The first-order valence-electron chi connectivity index (χ1n) is 53.4. The minimum atomic E-state index is -0.666. The molecule has 18 heteroatoms. The normalized spacial score (nSPS) is 30.9. The van der Waals surface area contributed by atoms with Gasteiger partial charge in [-0.3, -0.25) is 43.2 Å². The summed E-state index contributed by atoms with van der Waals surface area (Å²) in [7, 11) is 0. The van der Waals surface area contributed by atoms with Crippen LogP contribution in [0.2, 0.25) is 0 Å². The number of amides is 9. The molecule has 126 heavy (non-hydrogen) atoms. The van der Waals surface area contributed by atoms with Gasteiger partial charge < -0.3 is 47.9 Å². The maximum atomic E-state index is 13.9. The van der Waals surface area contributed by atoms with Gasteiger partial charge in [-0.15, -0.1) is 0 Å². The van der Waals surface area contributed by atoms with Crippen LogP contribution in [0.3, 0.4) is 0 Å². The number of hydrogen-bond donors (Lipinski definition) is 9. The molecule has 18 nitrogen and oxygen atoms in total. The van der Waals surface area contributed by atoms with Gasteiger partial charge in [-0.1, -0.05) is 261 Å². The molecule has 18 unspecified atom stereocenters. The molecular formula is C108H195N9O9. The number of hydrogen-bond acceptors (Lipinski definition) is 9. The van der Waals surface area contributed by atoms with Crippen molar-refractivity contribution in [2.75, 3.05) is 0 Å². The Hall–Kier alpha value is -4.77. The van der Waals surface area contributed by atoms with Crippen LogP contribution in [0.5, 0.6) is 0 Å². The van der Waals surface area contributed by atoms with E-state index in [0.29, 0.717) is 53.3 Å². The monoisotopic (exact) mass is 1760 g/mol. The van der Waals surface area contributed by atoms with Crippen LogP contribution < -0.4 is 47.9 Å². The van der Waals surface area contributed by atoms with Crippen LogP contribution >= 0.6 is 0 Å². The molecule has 9 rings (SSSR count). The van der Waals surface area contributed by atoms with Crippen molar-refractivity contribution in [3.05, 3.63) is 0 Å². The van der Waals surface area contributed by atoms with Crippen molar-refractivity contribution in [3.63, 3.8) is 0 Å². The molecule has 726 valence electrons. The van der Waals surface area contributed by atoms with Crippen LogP contribution in [0.1, 0.15) is 454 Å². The molecule has 9 aliphatic rings. The molecule has 0 bridgehead atoms. The molecule has 9 N–H and O–H groups in total. The lowest BCUT2D eigenvalue weighted by Crippen LogP contribution is -2.51. The topological polar surface area (TPSA) is 262 Å². The first-order valence-corrected chi connectivity index (χ1v) is 53.4. The number of nitrogens with one attached hydrogen (secondary N) is 9. The minimum Gasteiger partial charge on any atom is -0.353 e. The van der Waals surface area contributed by atoms with Crippen molar-refractivity contribution in [2.24, 2.45) is 123 Å². The van der Waals surface area contributed by atoms with Gasteiger partial charge in [-0.2, -0.15) is 0 Å². The Morgan fingerprint density at radius 3 is 0.690 bits per heavy atom. The third-order valence-corrected chi connectivity index (χ3v) is 34.7. The third-order valence-electron chi connectivity index (χ3n) is 34.7. The molecule has 0 saturated heterocycles. The summed E-state index contributed by atoms with van der Waals surface area (Å²) in [5, 5.41) is 29.6. The summed E-state index contributed by atoms with van der Waals surface area (Å²) in [6, 6.07) is 1.37. The van der Waals surface area contributed by atoms with E-state index in [4.69, 9.17) is 0 Å². The summed E-state index contributed by atoms with van der Waals surface area (Å²) in [5.41, 5.74) is 0.317. The molecule has 0 radical (unpaired) electrons. The molecule has 0 aromatic carbocycles. The highest BCUT2D eigenvalue weighted by Crippen LogP contribution is 2.44. The lowest BCUT2D eigenvalue weighted by Gasteiger charge is -2.42. The van der Waals surface area contributed by atoms with Gasteiger partial charge in [0.05, 0.1) is 17.8 Å². The van der Waals surface area contributed by atoms with Gasteiger partial charge in [-0.05, 0) is 259 Å². The van der Waals surface area contributed by atoms with Crippen LogP contribution in [-0.2, 0) is 43.2 Å². The molecule has 0 aromatic heterocycles. The second-order valence-electron chi connectivity index (χ2n) is 46.9. The predicted molar refractivity (Wildman–Crippen MR) is 518 cm³/mol. The first-order chi connectivity index (χ1) is 59.7. The fourth-order valence-corrected chi connectivity index (χ4v) is 24.9. The van der Waals surface area contributed by atoms with Gasteiger partial charge in [0.15, 0.2) is 0 Å². The quantitative estimate of drug-likeness (QED) is 0.0288.